The van der Waals surface area contributed by atoms with E-state index in [-0.39, 0.29) is 45.3 Å². The molecule has 0 saturated carbocycles. The number of nitrogens with zero attached hydrogens (tertiary/aromatic N) is 4. The van der Waals surface area contributed by atoms with Gasteiger partial charge in [-0.3, -0.25) is 0 Å². The van der Waals surface area contributed by atoms with Crippen molar-refractivity contribution >= 4 is 93.3 Å². The zero-order chi connectivity index (χ0) is 41.7. The monoisotopic (exact) mass is 812 g/mol. The predicted molar refractivity (Wildman–Crippen MR) is 232 cm³/mol. The summed E-state index contributed by atoms with van der Waals surface area (Å²) in [5, 5.41) is 38.7. The number of carboxylic acid groups (broad SMARTS) is 4. The van der Waals surface area contributed by atoms with Crippen LogP contribution >= 0.6 is 0 Å². The summed E-state index contributed by atoms with van der Waals surface area (Å²) in [6, 6.07) is 33.0. The van der Waals surface area contributed by atoms with Crippen LogP contribution in [0.5, 0.6) is 0 Å². The Bertz CT molecular complexity index is 2760. The van der Waals surface area contributed by atoms with Crippen molar-refractivity contribution in [1.29, 1.82) is 0 Å². The molecule has 13 heteroatoms. The predicted octanol–water partition coefficient (Wildman–Crippen LogP) is 8.99. The van der Waals surface area contributed by atoms with Crippen molar-refractivity contribution in [2.24, 2.45) is 0 Å². The molecule has 0 saturated heterocycles. The van der Waals surface area contributed by atoms with E-state index in [2.05, 4.69) is 0 Å². The Labute approximate surface area is 362 Å². The Kier molecular flexibility index (Phi) is 10.5. The Morgan fingerprint density at radius 3 is 0.705 bits per heavy atom. The molecular weight excluding hydrogens is 785 g/mol. The average Bonchev–Trinajstić information content (AvgIpc) is 4.10. The van der Waals surface area contributed by atoms with Crippen molar-refractivity contribution in [2.45, 2.75) is 0 Å². The minimum absolute atomic E-state index is 0. The summed E-state index contributed by atoms with van der Waals surface area (Å²) in [5.41, 5.74) is 9.53. The number of carboxylic acids is 4. The third-order valence-corrected chi connectivity index (χ3v) is 10.3. The zero-order valence-corrected chi connectivity index (χ0v) is 33.2. The molecule has 9 rings (SSSR count). The van der Waals surface area contributed by atoms with E-state index in [4.69, 9.17) is 19.9 Å². The fourth-order valence-corrected chi connectivity index (χ4v) is 7.39. The number of aromatic nitrogens is 4. The minimum Gasteiger partial charge on any atom is -0.657 e. The molecule has 2 aliphatic heterocycles. The van der Waals surface area contributed by atoms with E-state index in [1.165, 1.54) is 48.5 Å². The number of hydrogen-bond donors (Lipinski definition) is 4. The molecule has 0 spiro atoms. The molecule has 61 heavy (non-hydrogen) atoms. The quantitative estimate of drug-likeness (QED) is 0.106. The van der Waals surface area contributed by atoms with Crippen LogP contribution < -0.4 is 9.97 Å². The van der Waals surface area contributed by atoms with Gasteiger partial charge in [0.15, 0.2) is 0 Å². The van der Waals surface area contributed by atoms with E-state index >= 15 is 0 Å². The largest absolute Gasteiger partial charge is 2.00 e. The summed E-state index contributed by atoms with van der Waals surface area (Å²) >= 11 is 0. The van der Waals surface area contributed by atoms with Crippen LogP contribution in [0.25, 0.3) is 90.9 Å². The van der Waals surface area contributed by atoms with E-state index < -0.39 is 23.9 Å². The van der Waals surface area contributed by atoms with Crippen LogP contribution in [0.2, 0.25) is 0 Å². The minimum atomic E-state index is -1.07. The summed E-state index contributed by atoms with van der Waals surface area (Å²) < 4.78 is 0. The van der Waals surface area contributed by atoms with Gasteiger partial charge in [-0.15, -0.1) is 22.1 Å². The second-order valence-corrected chi connectivity index (χ2v) is 13.9. The Morgan fingerprint density at radius 2 is 0.525 bits per heavy atom. The van der Waals surface area contributed by atoms with Gasteiger partial charge in [-0.05, 0) is 117 Å². The molecular formula is C48H28MgN4O8. The maximum Gasteiger partial charge on any atom is 2.00 e. The number of rotatable bonds is 8. The molecule has 8 bridgehead atoms. The smallest absolute Gasteiger partial charge is 0.657 e. The molecule has 4 N–H and O–H groups in total. The van der Waals surface area contributed by atoms with Crippen LogP contribution in [0.15, 0.2) is 121 Å². The van der Waals surface area contributed by atoms with Gasteiger partial charge in [-0.2, -0.15) is 0 Å². The van der Waals surface area contributed by atoms with E-state index in [1.54, 1.807) is 48.5 Å². The number of hydrogen-bond acceptors (Lipinski definition) is 6. The van der Waals surface area contributed by atoms with E-state index in [0.717, 1.165) is 0 Å². The van der Waals surface area contributed by atoms with Gasteiger partial charge in [0.05, 0.1) is 45.0 Å². The Morgan fingerprint density at radius 1 is 0.328 bits per heavy atom. The third-order valence-electron chi connectivity index (χ3n) is 10.3. The second-order valence-electron chi connectivity index (χ2n) is 13.9. The molecule has 5 heterocycles. The van der Waals surface area contributed by atoms with Gasteiger partial charge in [-0.1, -0.05) is 72.8 Å². The van der Waals surface area contributed by atoms with Crippen molar-refractivity contribution in [3.63, 3.8) is 0 Å². The number of carbonyl (C=O) groups is 4. The third kappa shape index (κ3) is 7.50. The first kappa shape index (κ1) is 39.9. The molecule has 290 valence electrons. The molecule has 0 fully saturated rings. The second kappa shape index (κ2) is 16.1. The van der Waals surface area contributed by atoms with E-state index in [1.807, 2.05) is 48.6 Å². The fourth-order valence-electron chi connectivity index (χ4n) is 7.39. The molecule has 12 nitrogen and oxygen atoms in total. The fraction of sp³-hybridized carbons (Fsp3) is 0. The molecule has 7 aromatic rings. The van der Waals surface area contributed by atoms with Gasteiger partial charge >= 0.3 is 46.9 Å². The maximum absolute atomic E-state index is 11.8. The van der Waals surface area contributed by atoms with Crippen molar-refractivity contribution in [2.75, 3.05) is 0 Å². The van der Waals surface area contributed by atoms with Crippen LogP contribution in [0.1, 0.15) is 64.2 Å². The molecule has 0 radical (unpaired) electrons. The van der Waals surface area contributed by atoms with Crippen LogP contribution in [0, 0.1) is 0 Å². The van der Waals surface area contributed by atoms with E-state index in [0.29, 0.717) is 89.4 Å². The SMILES string of the molecule is O=C(O)c1ccc(-c2c3nc(c(-c4ccc(C(=O)O)cc4)c4ccc([n-]4)c(-c4ccc(C(=O)O)cc4)c4nc(c(-c5ccc(C(=O)O)cc5)c5ccc2[n-]5)C=C4)C=C3)cc1.[Mg+2]. The van der Waals surface area contributed by atoms with Crippen molar-refractivity contribution in [3.8, 4) is 44.5 Å². The molecule has 4 aromatic carbocycles. The summed E-state index contributed by atoms with van der Waals surface area (Å²) in [7, 11) is 0. The standard InChI is InChI=1S/C48H30N4O8.Mg/c53-45(54)29-9-1-25(2-10-29)41-33-17-19-35(49-33)42(26-3-11-30(12-4-26)46(55)56)37-21-23-39(51-37)44(28-7-15-32(16-8-28)48(59)60)40-24-22-38(52-40)43(36-20-18-34(41)50-36)27-5-13-31(14-6-27)47(57)58;/h1-24H,(H6,49,50,51,52,53,54,55,56,57,58,59,60);/q;+2/p-2. The topological polar surface area (TPSA) is 203 Å². The van der Waals surface area contributed by atoms with Crippen molar-refractivity contribution in [1.82, 2.24) is 19.9 Å². The average molecular weight is 813 g/mol. The van der Waals surface area contributed by atoms with Crippen LogP contribution in [0.4, 0.5) is 0 Å². The summed E-state index contributed by atoms with van der Waals surface area (Å²) in [6.45, 7) is 0. The number of fused-ring (bicyclic) bond motifs is 8. The van der Waals surface area contributed by atoms with Crippen LogP contribution in [-0.4, -0.2) is 77.3 Å². The van der Waals surface area contributed by atoms with Crippen LogP contribution in [0.3, 0.4) is 0 Å². The first-order valence-corrected chi connectivity index (χ1v) is 18.4. The van der Waals surface area contributed by atoms with Gasteiger partial charge in [0.25, 0.3) is 0 Å². The first-order chi connectivity index (χ1) is 29.0. The van der Waals surface area contributed by atoms with Gasteiger partial charge in [0, 0.05) is 0 Å². The normalized spacial score (nSPS) is 11.5. The van der Waals surface area contributed by atoms with Crippen molar-refractivity contribution < 1.29 is 39.6 Å². The van der Waals surface area contributed by atoms with Gasteiger partial charge in [0.1, 0.15) is 0 Å². The number of benzene rings is 4. The molecule has 0 unspecified atom stereocenters. The van der Waals surface area contributed by atoms with Gasteiger partial charge in [0.2, 0.25) is 0 Å². The molecule has 0 atom stereocenters. The molecule has 3 aromatic heterocycles. The summed E-state index contributed by atoms with van der Waals surface area (Å²) in [4.78, 5) is 67.8. The molecule has 0 amide bonds. The number of aromatic carboxylic acids is 4. The van der Waals surface area contributed by atoms with Gasteiger partial charge in [-0.25, -0.2) is 29.1 Å². The maximum atomic E-state index is 11.8. The van der Waals surface area contributed by atoms with Gasteiger partial charge < -0.3 is 30.4 Å². The Balaban J connectivity index is 0.00000514. The first-order valence-electron chi connectivity index (χ1n) is 18.4. The van der Waals surface area contributed by atoms with Crippen molar-refractivity contribution in [3.05, 3.63) is 166 Å². The molecule has 0 aliphatic carbocycles. The Hall–Kier alpha value is -7.87. The summed E-state index contributed by atoms with van der Waals surface area (Å²) in [6.07, 6.45) is 7.33. The van der Waals surface area contributed by atoms with E-state index in [9.17, 15) is 39.6 Å². The zero-order valence-electron chi connectivity index (χ0n) is 31.8. The molecule has 2 aliphatic rings. The summed E-state index contributed by atoms with van der Waals surface area (Å²) in [5.74, 6) is -4.30. The van der Waals surface area contributed by atoms with Crippen LogP contribution in [-0.2, 0) is 0 Å².